The minimum atomic E-state index is 0.465. The van der Waals surface area contributed by atoms with Crippen LogP contribution in [0.2, 0.25) is 5.02 Å². The first-order valence-corrected chi connectivity index (χ1v) is 8.96. The van der Waals surface area contributed by atoms with Gasteiger partial charge >= 0.3 is 0 Å². The fourth-order valence-electron chi connectivity index (χ4n) is 2.11. The molecular weight excluding hydrogens is 368 g/mol. The molecule has 0 saturated heterocycles. The third-order valence-electron chi connectivity index (χ3n) is 3.17. The van der Waals surface area contributed by atoms with Crippen LogP contribution >= 0.6 is 38.9 Å². The highest BCUT2D eigenvalue weighted by molar-refractivity contribution is 9.10. The predicted octanol–water partition coefficient (Wildman–Crippen LogP) is 5.30. The van der Waals surface area contributed by atoms with Crippen molar-refractivity contribution in [3.63, 3.8) is 0 Å². The van der Waals surface area contributed by atoms with Gasteiger partial charge in [-0.15, -0.1) is 11.3 Å². The van der Waals surface area contributed by atoms with Gasteiger partial charge in [-0.05, 0) is 39.7 Å². The quantitative estimate of drug-likeness (QED) is 0.723. The van der Waals surface area contributed by atoms with E-state index in [0.717, 1.165) is 22.6 Å². The Labute approximate surface area is 144 Å². The fourth-order valence-corrected chi connectivity index (χ4v) is 3.78. The maximum atomic E-state index is 6.18. The molecule has 2 aromatic rings. The highest BCUT2D eigenvalue weighted by atomic mass is 79.9. The Morgan fingerprint density at radius 2 is 2.10 bits per heavy atom. The third-order valence-corrected chi connectivity index (χ3v) is 5.09. The maximum Gasteiger partial charge on any atom is 0.0520 e. The highest BCUT2D eigenvalue weighted by Crippen LogP contribution is 2.27. The lowest BCUT2D eigenvalue weighted by atomic mass is 10.1. The average Bonchev–Trinajstić information content (AvgIpc) is 2.82. The zero-order chi connectivity index (χ0) is 15.4. The number of hydrogen-bond donors (Lipinski definition) is 1. The summed E-state index contributed by atoms with van der Waals surface area (Å²) in [5, 5.41) is 6.36. The van der Waals surface area contributed by atoms with Crippen molar-refractivity contribution in [2.24, 2.45) is 0 Å². The smallest absolute Gasteiger partial charge is 0.0520 e. The number of anilines is 1. The number of nitrogens with zero attached hydrogens (tertiary/aromatic N) is 1. The van der Waals surface area contributed by atoms with E-state index in [0.29, 0.717) is 6.04 Å². The minimum absolute atomic E-state index is 0.465. The van der Waals surface area contributed by atoms with Crippen LogP contribution in [0.25, 0.3) is 0 Å². The lowest BCUT2D eigenvalue weighted by Gasteiger charge is -2.23. The second-order valence-electron chi connectivity index (χ2n) is 5.40. The van der Waals surface area contributed by atoms with Crippen molar-refractivity contribution in [3.8, 4) is 0 Å². The predicted molar refractivity (Wildman–Crippen MR) is 97.6 cm³/mol. The number of halogens is 2. The lowest BCUT2D eigenvalue weighted by Crippen LogP contribution is -2.24. The van der Waals surface area contributed by atoms with E-state index >= 15 is 0 Å². The first kappa shape index (κ1) is 16.8. The molecular formula is C16H20BrClN2S. The van der Waals surface area contributed by atoms with Gasteiger partial charge in [0.1, 0.15) is 0 Å². The normalized spacial score (nSPS) is 11.1. The molecule has 0 fully saturated rings. The van der Waals surface area contributed by atoms with Crippen molar-refractivity contribution in [2.45, 2.75) is 33.0 Å². The van der Waals surface area contributed by atoms with Crippen molar-refractivity contribution >= 4 is 44.6 Å². The molecule has 0 aliphatic carbocycles. The molecule has 1 N–H and O–H groups in total. The van der Waals surface area contributed by atoms with E-state index in [9.17, 15) is 0 Å². The van der Waals surface area contributed by atoms with Crippen molar-refractivity contribution in [3.05, 3.63) is 49.6 Å². The van der Waals surface area contributed by atoms with Gasteiger partial charge in [-0.3, -0.25) is 0 Å². The first-order valence-electron chi connectivity index (χ1n) is 6.91. The number of rotatable bonds is 6. The lowest BCUT2D eigenvalue weighted by molar-refractivity contribution is 0.588. The van der Waals surface area contributed by atoms with Crippen molar-refractivity contribution in [2.75, 3.05) is 11.9 Å². The van der Waals surface area contributed by atoms with Gasteiger partial charge in [-0.2, -0.15) is 0 Å². The number of hydrogen-bond acceptors (Lipinski definition) is 3. The van der Waals surface area contributed by atoms with Gasteiger partial charge in [-0.1, -0.05) is 31.5 Å². The minimum Gasteiger partial charge on any atom is -0.369 e. The van der Waals surface area contributed by atoms with Crippen molar-refractivity contribution in [1.82, 2.24) is 5.32 Å². The summed E-state index contributed by atoms with van der Waals surface area (Å²) in [7, 11) is 2.11. The zero-order valence-electron chi connectivity index (χ0n) is 12.5. The molecule has 0 bridgehead atoms. The molecule has 0 atom stereocenters. The average molecular weight is 388 g/mol. The topological polar surface area (TPSA) is 15.3 Å². The summed E-state index contributed by atoms with van der Waals surface area (Å²) in [4.78, 5) is 3.58. The fraction of sp³-hybridized carbons (Fsp3) is 0.375. The van der Waals surface area contributed by atoms with Crippen LogP contribution in [0.5, 0.6) is 0 Å². The van der Waals surface area contributed by atoms with Gasteiger partial charge in [0.2, 0.25) is 0 Å². The summed E-state index contributed by atoms with van der Waals surface area (Å²) >= 11 is 11.4. The molecule has 0 unspecified atom stereocenters. The molecule has 1 aromatic carbocycles. The molecule has 0 amide bonds. The number of nitrogens with one attached hydrogen (secondary N) is 1. The molecule has 0 aliphatic rings. The SMILES string of the molecule is CC(C)NCc1ccc(Cl)cc1N(C)Cc1cc(Br)cs1. The van der Waals surface area contributed by atoms with Crippen LogP contribution in [-0.2, 0) is 13.1 Å². The van der Waals surface area contributed by atoms with E-state index in [1.807, 2.05) is 12.1 Å². The van der Waals surface area contributed by atoms with Crippen LogP contribution in [0.3, 0.4) is 0 Å². The van der Waals surface area contributed by atoms with E-state index < -0.39 is 0 Å². The van der Waals surface area contributed by atoms with E-state index in [-0.39, 0.29) is 0 Å². The monoisotopic (exact) mass is 386 g/mol. The molecule has 114 valence electrons. The van der Waals surface area contributed by atoms with Crippen LogP contribution in [-0.4, -0.2) is 13.1 Å². The number of benzene rings is 1. The maximum absolute atomic E-state index is 6.18. The summed E-state index contributed by atoms with van der Waals surface area (Å²) < 4.78 is 1.14. The molecule has 0 spiro atoms. The van der Waals surface area contributed by atoms with Gasteiger partial charge in [0.15, 0.2) is 0 Å². The van der Waals surface area contributed by atoms with E-state index in [2.05, 4.69) is 64.6 Å². The van der Waals surface area contributed by atoms with E-state index in [1.165, 1.54) is 16.1 Å². The highest BCUT2D eigenvalue weighted by Gasteiger charge is 2.10. The molecule has 1 heterocycles. The van der Waals surface area contributed by atoms with Gasteiger partial charge in [0.25, 0.3) is 0 Å². The van der Waals surface area contributed by atoms with Crippen LogP contribution in [0, 0.1) is 0 Å². The summed E-state index contributed by atoms with van der Waals surface area (Å²) in [5.74, 6) is 0. The Hall–Kier alpha value is -0.550. The second kappa shape index (κ2) is 7.63. The first-order chi connectivity index (χ1) is 9.95. The molecule has 0 saturated carbocycles. The molecule has 0 radical (unpaired) electrons. The zero-order valence-corrected chi connectivity index (χ0v) is 15.6. The van der Waals surface area contributed by atoms with Crippen molar-refractivity contribution < 1.29 is 0 Å². The second-order valence-corrected chi connectivity index (χ2v) is 7.74. The van der Waals surface area contributed by atoms with Crippen molar-refractivity contribution in [1.29, 1.82) is 0 Å². The largest absolute Gasteiger partial charge is 0.369 e. The molecule has 2 rings (SSSR count). The van der Waals surface area contributed by atoms with Gasteiger partial charge < -0.3 is 10.2 Å². The Bertz CT molecular complexity index is 598. The Kier molecular flexibility index (Phi) is 6.11. The Balaban J connectivity index is 2.17. The summed E-state index contributed by atoms with van der Waals surface area (Å²) in [6, 6.07) is 8.73. The summed E-state index contributed by atoms with van der Waals surface area (Å²) in [6.45, 7) is 6.04. The molecule has 0 aliphatic heterocycles. The Morgan fingerprint density at radius 3 is 2.71 bits per heavy atom. The third kappa shape index (κ3) is 4.99. The van der Waals surface area contributed by atoms with Gasteiger partial charge in [-0.25, -0.2) is 0 Å². The van der Waals surface area contributed by atoms with Gasteiger partial charge in [0, 0.05) is 45.1 Å². The molecule has 1 aromatic heterocycles. The van der Waals surface area contributed by atoms with E-state index in [4.69, 9.17) is 11.6 Å². The molecule has 21 heavy (non-hydrogen) atoms. The van der Waals surface area contributed by atoms with Crippen LogP contribution in [0.1, 0.15) is 24.3 Å². The standard InChI is InChI=1S/C16H20BrClN2S/c1-11(2)19-8-12-4-5-14(18)7-16(12)20(3)9-15-6-13(17)10-21-15/h4-7,10-11,19H,8-9H2,1-3H3. The van der Waals surface area contributed by atoms with Crippen LogP contribution < -0.4 is 10.2 Å². The molecule has 2 nitrogen and oxygen atoms in total. The molecule has 5 heteroatoms. The summed E-state index contributed by atoms with van der Waals surface area (Å²) in [5.41, 5.74) is 2.45. The van der Waals surface area contributed by atoms with Crippen LogP contribution in [0.15, 0.2) is 34.1 Å². The van der Waals surface area contributed by atoms with Gasteiger partial charge in [0.05, 0.1) is 6.54 Å². The summed E-state index contributed by atoms with van der Waals surface area (Å²) in [6.07, 6.45) is 0. The van der Waals surface area contributed by atoms with E-state index in [1.54, 1.807) is 11.3 Å². The number of thiophene rings is 1. The van der Waals surface area contributed by atoms with Crippen LogP contribution in [0.4, 0.5) is 5.69 Å². The Morgan fingerprint density at radius 1 is 1.33 bits per heavy atom.